The smallest absolute Gasteiger partial charge is 0.180 e. The van der Waals surface area contributed by atoms with Crippen LogP contribution in [0.25, 0.3) is 22.5 Å². The van der Waals surface area contributed by atoms with Gasteiger partial charge < -0.3 is 9.88 Å². The van der Waals surface area contributed by atoms with Gasteiger partial charge in [-0.05, 0) is 65.8 Å². The van der Waals surface area contributed by atoms with E-state index in [0.29, 0.717) is 11.7 Å². The van der Waals surface area contributed by atoms with Gasteiger partial charge in [0.1, 0.15) is 12.0 Å². The topological polar surface area (TPSA) is 83.8 Å². The van der Waals surface area contributed by atoms with E-state index in [9.17, 15) is 0 Å². The number of aromatic nitrogens is 5. The molecule has 4 aromatic rings. The highest BCUT2D eigenvalue weighted by Crippen LogP contribution is 2.44. The molecule has 160 valence electrons. The maximum atomic E-state index is 4.72. The lowest BCUT2D eigenvalue weighted by Gasteiger charge is -2.22. The second-order valence-electron chi connectivity index (χ2n) is 8.72. The average molecular weight is 424 g/mol. The number of H-pyrrole nitrogens is 1. The zero-order valence-electron chi connectivity index (χ0n) is 18.2. The first kappa shape index (κ1) is 19.0. The number of aliphatic imine (C=N–C) groups is 1. The summed E-state index contributed by atoms with van der Waals surface area (Å²) in [6.07, 6.45) is 2.66. The van der Waals surface area contributed by atoms with Gasteiger partial charge in [-0.2, -0.15) is 0 Å². The molecule has 1 aliphatic carbocycles. The highest BCUT2D eigenvalue weighted by atomic mass is 15.5. The van der Waals surface area contributed by atoms with Gasteiger partial charge in [-0.15, -0.1) is 5.10 Å². The number of rotatable bonds is 5. The highest BCUT2D eigenvalue weighted by Gasteiger charge is 2.31. The molecule has 1 fully saturated rings. The zero-order valence-corrected chi connectivity index (χ0v) is 18.2. The number of nitrogens with one attached hydrogen (secondary N) is 2. The van der Waals surface area contributed by atoms with Gasteiger partial charge in [0.15, 0.2) is 5.82 Å². The first-order valence-corrected chi connectivity index (χ1v) is 11.1. The van der Waals surface area contributed by atoms with E-state index in [-0.39, 0.29) is 6.17 Å². The van der Waals surface area contributed by atoms with E-state index in [1.54, 1.807) is 0 Å². The summed E-state index contributed by atoms with van der Waals surface area (Å²) in [5.41, 5.74) is 8.33. The molecule has 1 unspecified atom stereocenters. The molecule has 7 heteroatoms. The van der Waals surface area contributed by atoms with Crippen LogP contribution in [-0.4, -0.2) is 37.1 Å². The minimum atomic E-state index is 0.104. The number of hydrogen-bond donors (Lipinski definition) is 2. The van der Waals surface area contributed by atoms with E-state index in [4.69, 9.17) is 4.99 Å². The molecule has 2 aromatic carbocycles. The summed E-state index contributed by atoms with van der Waals surface area (Å²) in [6.45, 7) is 5.08. The van der Waals surface area contributed by atoms with Crippen molar-refractivity contribution in [2.75, 3.05) is 5.32 Å². The first-order valence-electron chi connectivity index (χ1n) is 11.1. The normalized spacial score (nSPS) is 17.6. The third-order valence-electron chi connectivity index (χ3n) is 6.38. The SMILES string of the molecule is CC1=NC(C)Nc2c1cc(C1CC1)n2Cc1ccc(-c2ccccc2-c2nnn[nH]2)cc1. The number of hydrogen-bond acceptors (Lipinski definition) is 5. The number of fused-ring (bicyclic) bond motifs is 1. The molecule has 6 rings (SSSR count). The van der Waals surface area contributed by atoms with Gasteiger partial charge in [-0.3, -0.25) is 4.99 Å². The van der Waals surface area contributed by atoms with Crippen LogP contribution in [0.1, 0.15) is 49.4 Å². The summed E-state index contributed by atoms with van der Waals surface area (Å²) in [5.74, 6) is 2.56. The Bertz CT molecular complexity index is 1290. The Morgan fingerprint density at radius 2 is 1.78 bits per heavy atom. The molecule has 0 spiro atoms. The highest BCUT2D eigenvalue weighted by molar-refractivity contribution is 6.04. The van der Waals surface area contributed by atoms with E-state index < -0.39 is 0 Å². The molecule has 2 aromatic heterocycles. The molecular formula is C25H25N7. The van der Waals surface area contributed by atoms with Crippen molar-refractivity contribution in [2.24, 2.45) is 4.99 Å². The van der Waals surface area contributed by atoms with Gasteiger partial charge in [0.05, 0.1) is 0 Å². The van der Waals surface area contributed by atoms with Crippen LogP contribution < -0.4 is 5.32 Å². The molecule has 1 atom stereocenters. The van der Waals surface area contributed by atoms with Gasteiger partial charge in [0.2, 0.25) is 0 Å². The predicted octanol–water partition coefficient (Wildman–Crippen LogP) is 4.84. The fourth-order valence-corrected chi connectivity index (χ4v) is 4.66. The maximum Gasteiger partial charge on any atom is 0.180 e. The Kier molecular flexibility index (Phi) is 4.41. The van der Waals surface area contributed by atoms with Crippen molar-refractivity contribution >= 4 is 11.5 Å². The largest absolute Gasteiger partial charge is 0.350 e. The third-order valence-corrected chi connectivity index (χ3v) is 6.38. The monoisotopic (exact) mass is 423 g/mol. The third kappa shape index (κ3) is 3.30. The number of aromatic amines is 1. The van der Waals surface area contributed by atoms with Gasteiger partial charge >= 0.3 is 0 Å². The van der Waals surface area contributed by atoms with Gasteiger partial charge in [-0.1, -0.05) is 48.5 Å². The number of benzene rings is 2. The number of nitrogens with zero attached hydrogens (tertiary/aromatic N) is 5. The van der Waals surface area contributed by atoms with Gasteiger partial charge in [0, 0.05) is 29.1 Å². The average Bonchev–Trinajstić information content (AvgIpc) is 3.37. The lowest BCUT2D eigenvalue weighted by molar-refractivity contribution is 0.728. The minimum Gasteiger partial charge on any atom is -0.350 e. The number of anilines is 1. The lowest BCUT2D eigenvalue weighted by Crippen LogP contribution is -2.23. The Labute approximate surface area is 186 Å². The van der Waals surface area contributed by atoms with E-state index in [2.05, 4.69) is 80.8 Å². The van der Waals surface area contributed by atoms with Gasteiger partial charge in [0.25, 0.3) is 0 Å². The molecule has 0 saturated heterocycles. The summed E-state index contributed by atoms with van der Waals surface area (Å²) in [5, 5.41) is 18.0. The van der Waals surface area contributed by atoms with Crippen molar-refractivity contribution in [1.29, 1.82) is 0 Å². The van der Waals surface area contributed by atoms with Crippen LogP contribution in [0, 0.1) is 0 Å². The molecular weight excluding hydrogens is 398 g/mol. The Hall–Kier alpha value is -3.74. The molecule has 32 heavy (non-hydrogen) atoms. The maximum absolute atomic E-state index is 4.72. The van der Waals surface area contributed by atoms with Crippen LogP contribution in [0.3, 0.4) is 0 Å². The summed E-state index contributed by atoms with van der Waals surface area (Å²) < 4.78 is 2.46. The molecule has 1 saturated carbocycles. The summed E-state index contributed by atoms with van der Waals surface area (Å²) in [7, 11) is 0. The Balaban J connectivity index is 1.33. The Morgan fingerprint density at radius 3 is 2.50 bits per heavy atom. The molecule has 3 heterocycles. The standard InChI is InChI=1S/C25H25N7/c1-15-22-13-23(19-11-12-19)32(25(22)27-16(2)26-15)14-17-7-9-18(10-8-17)20-5-3-4-6-21(20)24-28-30-31-29-24/h3-10,13,16,19,27H,11-12,14H2,1-2H3,(H,28,29,30,31). The van der Waals surface area contributed by atoms with Crippen molar-refractivity contribution < 1.29 is 0 Å². The zero-order chi connectivity index (χ0) is 21.7. The molecule has 7 nitrogen and oxygen atoms in total. The van der Waals surface area contributed by atoms with E-state index >= 15 is 0 Å². The molecule has 2 aliphatic rings. The summed E-state index contributed by atoms with van der Waals surface area (Å²) in [4.78, 5) is 4.72. The van der Waals surface area contributed by atoms with Crippen molar-refractivity contribution in [3.05, 3.63) is 71.4 Å². The van der Waals surface area contributed by atoms with E-state index in [1.807, 2.05) is 18.2 Å². The molecule has 0 bridgehead atoms. The summed E-state index contributed by atoms with van der Waals surface area (Å²) >= 11 is 0. The van der Waals surface area contributed by atoms with Crippen LogP contribution in [0.4, 0.5) is 5.82 Å². The fourth-order valence-electron chi connectivity index (χ4n) is 4.66. The van der Waals surface area contributed by atoms with E-state index in [0.717, 1.165) is 28.9 Å². The van der Waals surface area contributed by atoms with Crippen LogP contribution in [0.5, 0.6) is 0 Å². The quantitative estimate of drug-likeness (QED) is 0.481. The Morgan fingerprint density at radius 1 is 1.00 bits per heavy atom. The van der Waals surface area contributed by atoms with Crippen molar-refractivity contribution in [3.8, 4) is 22.5 Å². The second-order valence-corrected chi connectivity index (χ2v) is 8.72. The van der Waals surface area contributed by atoms with Crippen LogP contribution >= 0.6 is 0 Å². The van der Waals surface area contributed by atoms with Crippen molar-refractivity contribution in [1.82, 2.24) is 25.2 Å². The molecule has 0 radical (unpaired) electrons. The lowest BCUT2D eigenvalue weighted by atomic mass is 9.98. The molecule has 0 amide bonds. The van der Waals surface area contributed by atoms with Crippen molar-refractivity contribution in [3.63, 3.8) is 0 Å². The second kappa shape index (κ2) is 7.44. The fraction of sp³-hybridized carbons (Fsp3) is 0.280. The first-order chi connectivity index (χ1) is 15.7. The minimum absolute atomic E-state index is 0.104. The molecule has 1 aliphatic heterocycles. The van der Waals surface area contributed by atoms with Gasteiger partial charge in [-0.25, -0.2) is 5.10 Å². The van der Waals surface area contributed by atoms with Crippen LogP contribution in [-0.2, 0) is 6.54 Å². The van der Waals surface area contributed by atoms with Crippen LogP contribution in [0.15, 0.2) is 59.6 Å². The van der Waals surface area contributed by atoms with Crippen LogP contribution in [0.2, 0.25) is 0 Å². The van der Waals surface area contributed by atoms with Crippen molar-refractivity contribution in [2.45, 2.75) is 45.3 Å². The molecule has 2 N–H and O–H groups in total. The van der Waals surface area contributed by atoms with E-state index in [1.165, 1.54) is 35.5 Å². The predicted molar refractivity (Wildman–Crippen MR) is 126 cm³/mol. The number of tetrazole rings is 1. The summed E-state index contributed by atoms with van der Waals surface area (Å²) in [6, 6.07) is 19.4.